The van der Waals surface area contributed by atoms with E-state index in [0.717, 1.165) is 0 Å². The molecule has 0 aromatic rings. The Morgan fingerprint density at radius 1 is 1.50 bits per heavy atom. The number of carboxylic acid groups (broad SMARTS) is 1. The fourth-order valence-electron chi connectivity index (χ4n) is 0.734. The van der Waals surface area contributed by atoms with E-state index >= 15 is 0 Å². The monoisotopic (exact) mass is 204 g/mol. The molecule has 0 saturated carbocycles. The second-order valence-corrected chi connectivity index (χ2v) is 3.62. The minimum Gasteiger partial charge on any atom is -0.481 e. The Hall–Kier alpha value is -1.14. The molecule has 1 atom stereocenters. The van der Waals surface area contributed by atoms with Gasteiger partial charge in [-0.3, -0.25) is 9.59 Å². The summed E-state index contributed by atoms with van der Waals surface area (Å²) in [5.41, 5.74) is 4.11. The number of hydrogen-bond acceptors (Lipinski definition) is 4. The van der Waals surface area contributed by atoms with Crippen molar-refractivity contribution in [3.8, 4) is 0 Å². The molecule has 0 saturated heterocycles. The van der Waals surface area contributed by atoms with Gasteiger partial charge in [0.05, 0.1) is 18.1 Å². The van der Waals surface area contributed by atoms with Crippen molar-refractivity contribution >= 4 is 11.9 Å². The summed E-state index contributed by atoms with van der Waals surface area (Å²) in [6.07, 6.45) is -1.38. The maximum atomic E-state index is 10.8. The number of carboxylic acids is 1. The molecule has 0 aliphatic carbocycles. The number of nitrogens with one attached hydrogen (secondary N) is 1. The molecule has 5 N–H and O–H groups in total. The number of amides is 1. The fourth-order valence-corrected chi connectivity index (χ4v) is 0.734. The van der Waals surface area contributed by atoms with E-state index in [4.69, 9.17) is 15.9 Å². The Balaban J connectivity index is 3.93. The van der Waals surface area contributed by atoms with Gasteiger partial charge >= 0.3 is 5.97 Å². The molecule has 6 nitrogen and oxygen atoms in total. The second kappa shape index (κ2) is 4.92. The van der Waals surface area contributed by atoms with Crippen molar-refractivity contribution in [3.05, 3.63) is 0 Å². The normalized spacial score (nSPS) is 13.6. The number of nitrogens with two attached hydrogens (primary N) is 1. The third-order valence-corrected chi connectivity index (χ3v) is 1.81. The first-order valence-corrected chi connectivity index (χ1v) is 4.20. The molecule has 1 unspecified atom stereocenters. The molecule has 0 spiro atoms. The van der Waals surface area contributed by atoms with Crippen molar-refractivity contribution in [2.45, 2.75) is 31.9 Å². The van der Waals surface area contributed by atoms with E-state index in [0.29, 0.717) is 0 Å². The lowest BCUT2D eigenvalue weighted by Crippen LogP contribution is -2.52. The zero-order valence-corrected chi connectivity index (χ0v) is 8.28. The molecule has 0 bridgehead atoms. The van der Waals surface area contributed by atoms with Gasteiger partial charge in [0.15, 0.2) is 0 Å². The number of hydrogen-bond donors (Lipinski definition) is 4. The van der Waals surface area contributed by atoms with Crippen LogP contribution in [0.2, 0.25) is 0 Å². The van der Waals surface area contributed by atoms with Gasteiger partial charge in [-0.2, -0.15) is 0 Å². The Kier molecular flexibility index (Phi) is 4.52. The molecule has 1 amide bonds. The van der Waals surface area contributed by atoms with Crippen LogP contribution in [0.3, 0.4) is 0 Å². The summed E-state index contributed by atoms with van der Waals surface area (Å²) in [5.74, 6) is -1.64. The van der Waals surface area contributed by atoms with Gasteiger partial charge < -0.3 is 21.3 Å². The van der Waals surface area contributed by atoms with Crippen LogP contribution in [-0.4, -0.2) is 40.3 Å². The van der Waals surface area contributed by atoms with Gasteiger partial charge in [-0.15, -0.1) is 0 Å². The molecule has 0 rings (SSSR count). The number of β-amino-alcohol motifs (C(OH)–C–C–N with tert-alkyl or cyclic N) is 1. The number of aliphatic hydroxyl groups excluding tert-OH is 1. The fraction of sp³-hybridized carbons (Fsp3) is 0.750. The average molecular weight is 204 g/mol. The van der Waals surface area contributed by atoms with Gasteiger partial charge in [0, 0.05) is 6.54 Å². The number of carbonyl (C=O) groups is 2. The van der Waals surface area contributed by atoms with E-state index < -0.39 is 23.5 Å². The Morgan fingerprint density at radius 2 is 2.00 bits per heavy atom. The lowest BCUT2D eigenvalue weighted by atomic mass is 10.0. The molecule has 82 valence electrons. The largest absolute Gasteiger partial charge is 0.481 e. The maximum Gasteiger partial charge on any atom is 0.306 e. The predicted molar refractivity (Wildman–Crippen MR) is 49.5 cm³/mol. The number of rotatable bonds is 6. The molecule has 0 aliphatic heterocycles. The van der Waals surface area contributed by atoms with Crippen molar-refractivity contribution < 1.29 is 19.8 Å². The maximum absolute atomic E-state index is 10.8. The Morgan fingerprint density at radius 3 is 2.36 bits per heavy atom. The molecule has 0 aliphatic rings. The third-order valence-electron chi connectivity index (χ3n) is 1.81. The van der Waals surface area contributed by atoms with E-state index in [1.165, 1.54) is 0 Å². The van der Waals surface area contributed by atoms with Gasteiger partial charge in [-0.25, -0.2) is 0 Å². The zero-order chi connectivity index (χ0) is 11.4. The summed E-state index contributed by atoms with van der Waals surface area (Å²) < 4.78 is 0. The van der Waals surface area contributed by atoms with Crippen molar-refractivity contribution in [2.75, 3.05) is 6.54 Å². The summed E-state index contributed by atoms with van der Waals surface area (Å²) in [7, 11) is 0. The molecule has 0 fully saturated rings. The van der Waals surface area contributed by atoms with Crippen LogP contribution >= 0.6 is 0 Å². The van der Waals surface area contributed by atoms with Crippen LogP contribution in [0.5, 0.6) is 0 Å². The highest BCUT2D eigenvalue weighted by Crippen LogP contribution is 2.01. The SMILES string of the molecule is CC(C)(NCC(O)CC(=O)O)C(N)=O. The number of aliphatic carboxylic acids is 1. The highest BCUT2D eigenvalue weighted by Gasteiger charge is 2.25. The molecule has 0 aromatic heterocycles. The predicted octanol–water partition coefficient (Wildman–Crippen LogP) is -1.32. The highest BCUT2D eigenvalue weighted by molar-refractivity contribution is 5.83. The first-order valence-electron chi connectivity index (χ1n) is 4.20. The van der Waals surface area contributed by atoms with Gasteiger partial charge in [0.1, 0.15) is 0 Å². The molecular weight excluding hydrogens is 188 g/mol. The molecule has 0 heterocycles. The zero-order valence-electron chi connectivity index (χ0n) is 8.28. The van der Waals surface area contributed by atoms with Gasteiger partial charge in [-0.1, -0.05) is 0 Å². The minimum atomic E-state index is -1.09. The molecule has 6 heteroatoms. The molecule has 0 radical (unpaired) electrons. The van der Waals surface area contributed by atoms with Crippen molar-refractivity contribution in [1.29, 1.82) is 0 Å². The van der Waals surface area contributed by atoms with Gasteiger partial charge in [0.2, 0.25) is 5.91 Å². The summed E-state index contributed by atoms with van der Waals surface area (Å²) in [6.45, 7) is 3.13. The first kappa shape index (κ1) is 12.9. The summed E-state index contributed by atoms with van der Waals surface area (Å²) in [4.78, 5) is 21.0. The van der Waals surface area contributed by atoms with E-state index in [1.807, 2.05) is 0 Å². The molecule has 14 heavy (non-hydrogen) atoms. The topological polar surface area (TPSA) is 113 Å². The summed E-state index contributed by atoms with van der Waals surface area (Å²) >= 11 is 0. The van der Waals surface area contributed by atoms with Crippen LogP contribution < -0.4 is 11.1 Å². The van der Waals surface area contributed by atoms with Gasteiger partial charge in [0.25, 0.3) is 0 Å². The number of primary amides is 1. The average Bonchev–Trinajstić information content (AvgIpc) is 1.99. The lowest BCUT2D eigenvalue weighted by Gasteiger charge is -2.23. The van der Waals surface area contributed by atoms with E-state index in [-0.39, 0.29) is 13.0 Å². The van der Waals surface area contributed by atoms with Crippen LogP contribution in [0.1, 0.15) is 20.3 Å². The highest BCUT2D eigenvalue weighted by atomic mass is 16.4. The Bertz CT molecular complexity index is 227. The van der Waals surface area contributed by atoms with Gasteiger partial charge in [-0.05, 0) is 13.8 Å². The van der Waals surface area contributed by atoms with Crippen molar-refractivity contribution in [1.82, 2.24) is 5.32 Å². The standard InChI is InChI=1S/C8H16N2O4/c1-8(2,7(9)14)10-4-5(11)3-6(12)13/h5,10-11H,3-4H2,1-2H3,(H2,9,14)(H,12,13). The Labute approximate surface area is 82.1 Å². The number of aliphatic hydroxyl groups is 1. The van der Waals surface area contributed by atoms with Crippen LogP contribution in [0.25, 0.3) is 0 Å². The summed E-state index contributed by atoms with van der Waals surface area (Å²) in [6, 6.07) is 0. The summed E-state index contributed by atoms with van der Waals surface area (Å²) in [5, 5.41) is 20.2. The molecular formula is C8H16N2O4. The smallest absolute Gasteiger partial charge is 0.306 e. The van der Waals surface area contributed by atoms with Crippen molar-refractivity contribution in [3.63, 3.8) is 0 Å². The quantitative estimate of drug-likeness (QED) is 0.428. The van der Waals surface area contributed by atoms with Crippen molar-refractivity contribution in [2.24, 2.45) is 5.73 Å². The first-order chi connectivity index (χ1) is 6.25. The molecule has 0 aromatic carbocycles. The van der Waals surface area contributed by atoms with E-state index in [2.05, 4.69) is 5.32 Å². The third kappa shape index (κ3) is 4.78. The lowest BCUT2D eigenvalue weighted by molar-refractivity contribution is -0.139. The van der Waals surface area contributed by atoms with Crippen LogP contribution in [0.15, 0.2) is 0 Å². The van der Waals surface area contributed by atoms with Crippen LogP contribution in [0.4, 0.5) is 0 Å². The van der Waals surface area contributed by atoms with E-state index in [9.17, 15) is 9.59 Å². The minimum absolute atomic E-state index is 0.0161. The number of carbonyl (C=O) groups excluding carboxylic acids is 1. The van der Waals surface area contributed by atoms with Crippen LogP contribution in [0, 0.1) is 0 Å². The van der Waals surface area contributed by atoms with Crippen LogP contribution in [-0.2, 0) is 9.59 Å². The second-order valence-electron chi connectivity index (χ2n) is 3.62. The van der Waals surface area contributed by atoms with E-state index in [1.54, 1.807) is 13.8 Å².